The summed E-state index contributed by atoms with van der Waals surface area (Å²) in [4.78, 5) is 22.8. The van der Waals surface area contributed by atoms with Crippen molar-refractivity contribution in [3.05, 3.63) is 64.7 Å². The molecule has 0 aliphatic heterocycles. The van der Waals surface area contributed by atoms with Crippen molar-refractivity contribution in [3.8, 4) is 5.75 Å². The number of ether oxygens (including phenoxy) is 1. The molecule has 0 saturated heterocycles. The van der Waals surface area contributed by atoms with Crippen LogP contribution in [0.2, 0.25) is 0 Å². The summed E-state index contributed by atoms with van der Waals surface area (Å²) in [6.45, 7) is 4.79. The van der Waals surface area contributed by atoms with Crippen molar-refractivity contribution in [2.45, 2.75) is 20.3 Å². The number of benzene rings is 2. The summed E-state index contributed by atoms with van der Waals surface area (Å²) >= 11 is 0. The van der Waals surface area contributed by atoms with Gasteiger partial charge >= 0.3 is 5.97 Å². The zero-order valence-electron chi connectivity index (χ0n) is 13.8. The van der Waals surface area contributed by atoms with Crippen molar-refractivity contribution in [1.29, 1.82) is 0 Å². The highest BCUT2D eigenvalue weighted by Gasteiger charge is 2.07. The van der Waals surface area contributed by atoms with E-state index in [0.717, 1.165) is 16.9 Å². The number of rotatable bonds is 7. The van der Waals surface area contributed by atoms with Gasteiger partial charge in [-0.25, -0.2) is 4.79 Å². The van der Waals surface area contributed by atoms with Crippen molar-refractivity contribution < 1.29 is 19.4 Å². The first kappa shape index (κ1) is 17.5. The van der Waals surface area contributed by atoms with Crippen LogP contribution in [0.25, 0.3) is 0 Å². The highest BCUT2D eigenvalue weighted by atomic mass is 16.5. The molecule has 2 aromatic rings. The van der Waals surface area contributed by atoms with E-state index in [-0.39, 0.29) is 17.9 Å². The molecule has 126 valence electrons. The number of amides is 1. The van der Waals surface area contributed by atoms with E-state index in [0.29, 0.717) is 18.7 Å². The molecule has 0 spiro atoms. The van der Waals surface area contributed by atoms with Gasteiger partial charge in [0.1, 0.15) is 12.4 Å². The predicted molar refractivity (Wildman–Crippen MR) is 91.5 cm³/mol. The summed E-state index contributed by atoms with van der Waals surface area (Å²) in [5.41, 5.74) is 3.11. The summed E-state index contributed by atoms with van der Waals surface area (Å²) < 4.78 is 5.63. The lowest BCUT2D eigenvalue weighted by Crippen LogP contribution is -2.29. The number of carbonyl (C=O) groups excluding carboxylic acids is 1. The van der Waals surface area contributed by atoms with Crippen molar-refractivity contribution in [1.82, 2.24) is 5.32 Å². The maximum atomic E-state index is 11.9. The molecule has 0 fully saturated rings. The summed E-state index contributed by atoms with van der Waals surface area (Å²) in [5, 5.41) is 11.7. The topological polar surface area (TPSA) is 75.6 Å². The third-order valence-electron chi connectivity index (χ3n) is 3.43. The fourth-order valence-corrected chi connectivity index (χ4v) is 2.44. The van der Waals surface area contributed by atoms with Gasteiger partial charge in [0.2, 0.25) is 5.91 Å². The fraction of sp³-hybridized carbons (Fsp3) is 0.263. The molecule has 0 aromatic heterocycles. The van der Waals surface area contributed by atoms with Gasteiger partial charge in [-0.3, -0.25) is 4.79 Å². The Morgan fingerprint density at radius 1 is 1.08 bits per heavy atom. The zero-order chi connectivity index (χ0) is 17.5. The molecule has 0 aliphatic rings. The van der Waals surface area contributed by atoms with Crippen LogP contribution in [0.3, 0.4) is 0 Å². The standard InChI is InChI=1S/C19H21NO4/c1-13-8-14(2)10-17(9-13)24-7-6-20-18(21)12-15-4-3-5-16(11-15)19(22)23/h3-5,8-11H,6-7,12H2,1-2H3,(H,20,21)(H,22,23). The molecule has 0 aliphatic carbocycles. The minimum Gasteiger partial charge on any atom is -0.492 e. The number of carboxylic acid groups (broad SMARTS) is 1. The van der Waals surface area contributed by atoms with Crippen LogP contribution in [0, 0.1) is 13.8 Å². The van der Waals surface area contributed by atoms with Gasteiger partial charge in [0, 0.05) is 0 Å². The van der Waals surface area contributed by atoms with E-state index >= 15 is 0 Å². The first-order chi connectivity index (χ1) is 11.4. The zero-order valence-corrected chi connectivity index (χ0v) is 13.8. The lowest BCUT2D eigenvalue weighted by atomic mass is 10.1. The molecule has 5 nitrogen and oxygen atoms in total. The number of hydrogen-bond donors (Lipinski definition) is 2. The lowest BCUT2D eigenvalue weighted by molar-refractivity contribution is -0.120. The average molecular weight is 327 g/mol. The van der Waals surface area contributed by atoms with Crippen LogP contribution in [-0.4, -0.2) is 30.1 Å². The van der Waals surface area contributed by atoms with Gasteiger partial charge in [-0.1, -0.05) is 18.2 Å². The van der Waals surface area contributed by atoms with Crippen molar-refractivity contribution in [3.63, 3.8) is 0 Å². The van der Waals surface area contributed by atoms with Crippen molar-refractivity contribution >= 4 is 11.9 Å². The summed E-state index contributed by atoms with van der Waals surface area (Å²) in [6.07, 6.45) is 0.144. The molecule has 24 heavy (non-hydrogen) atoms. The van der Waals surface area contributed by atoms with Gasteiger partial charge in [0.05, 0.1) is 18.5 Å². The summed E-state index contributed by atoms with van der Waals surface area (Å²) in [6, 6.07) is 12.3. The molecule has 0 radical (unpaired) electrons. The number of carbonyl (C=O) groups is 2. The maximum absolute atomic E-state index is 11.9. The molecule has 0 saturated carbocycles. The molecule has 1 amide bonds. The Kier molecular flexibility index (Phi) is 5.95. The highest BCUT2D eigenvalue weighted by molar-refractivity contribution is 5.88. The Balaban J connectivity index is 1.77. The van der Waals surface area contributed by atoms with E-state index in [9.17, 15) is 9.59 Å². The second-order valence-electron chi connectivity index (χ2n) is 5.70. The van der Waals surface area contributed by atoms with Gasteiger partial charge in [0.15, 0.2) is 0 Å². The lowest BCUT2D eigenvalue weighted by Gasteiger charge is -2.09. The first-order valence-electron chi connectivity index (χ1n) is 7.74. The van der Waals surface area contributed by atoms with Crippen LogP contribution in [0.5, 0.6) is 5.75 Å². The van der Waals surface area contributed by atoms with Crippen LogP contribution < -0.4 is 10.1 Å². The minimum absolute atomic E-state index is 0.144. The molecule has 0 unspecified atom stereocenters. The minimum atomic E-state index is -1.00. The smallest absolute Gasteiger partial charge is 0.335 e. The van der Waals surface area contributed by atoms with Gasteiger partial charge in [-0.05, 0) is 54.8 Å². The van der Waals surface area contributed by atoms with Gasteiger partial charge in [-0.2, -0.15) is 0 Å². The van der Waals surface area contributed by atoms with E-state index in [1.807, 2.05) is 26.0 Å². The molecular weight excluding hydrogens is 306 g/mol. The van der Waals surface area contributed by atoms with E-state index in [1.165, 1.54) is 12.1 Å². The summed E-state index contributed by atoms with van der Waals surface area (Å²) in [7, 11) is 0. The van der Waals surface area contributed by atoms with Gasteiger partial charge < -0.3 is 15.2 Å². The fourth-order valence-electron chi connectivity index (χ4n) is 2.44. The second kappa shape index (κ2) is 8.15. The Labute approximate surface area is 141 Å². The summed E-state index contributed by atoms with van der Waals surface area (Å²) in [5.74, 6) is -0.378. The van der Waals surface area contributed by atoms with Crippen LogP contribution in [-0.2, 0) is 11.2 Å². The van der Waals surface area contributed by atoms with Gasteiger partial charge in [0.25, 0.3) is 0 Å². The molecule has 0 bridgehead atoms. The van der Waals surface area contributed by atoms with Crippen LogP contribution in [0.1, 0.15) is 27.0 Å². The largest absolute Gasteiger partial charge is 0.492 e. The van der Waals surface area contributed by atoms with E-state index in [1.54, 1.807) is 12.1 Å². The van der Waals surface area contributed by atoms with Crippen LogP contribution >= 0.6 is 0 Å². The quantitative estimate of drug-likeness (QED) is 0.767. The molecule has 0 atom stereocenters. The normalized spacial score (nSPS) is 10.2. The first-order valence-corrected chi connectivity index (χ1v) is 7.74. The number of aromatic carboxylic acids is 1. The van der Waals surface area contributed by atoms with Crippen LogP contribution in [0.4, 0.5) is 0 Å². The monoisotopic (exact) mass is 327 g/mol. The third-order valence-corrected chi connectivity index (χ3v) is 3.43. The Morgan fingerprint density at radius 3 is 2.46 bits per heavy atom. The number of aryl methyl sites for hydroxylation is 2. The number of carboxylic acids is 1. The van der Waals surface area contributed by atoms with E-state index in [2.05, 4.69) is 11.4 Å². The molecule has 2 rings (SSSR count). The second-order valence-corrected chi connectivity index (χ2v) is 5.70. The maximum Gasteiger partial charge on any atom is 0.335 e. The molecule has 5 heteroatoms. The molecular formula is C19H21NO4. The number of nitrogens with one attached hydrogen (secondary N) is 1. The Bertz CT molecular complexity index is 720. The van der Waals surface area contributed by atoms with E-state index < -0.39 is 5.97 Å². The Hall–Kier alpha value is -2.82. The van der Waals surface area contributed by atoms with Crippen molar-refractivity contribution in [2.24, 2.45) is 0 Å². The SMILES string of the molecule is Cc1cc(C)cc(OCCNC(=O)Cc2cccc(C(=O)O)c2)c1. The highest BCUT2D eigenvalue weighted by Crippen LogP contribution is 2.15. The third kappa shape index (κ3) is 5.43. The predicted octanol–water partition coefficient (Wildman–Crippen LogP) is 2.74. The van der Waals surface area contributed by atoms with E-state index in [4.69, 9.17) is 9.84 Å². The molecule has 2 N–H and O–H groups in total. The Morgan fingerprint density at radius 2 is 1.79 bits per heavy atom. The number of hydrogen-bond acceptors (Lipinski definition) is 3. The van der Waals surface area contributed by atoms with Crippen molar-refractivity contribution in [2.75, 3.05) is 13.2 Å². The molecule has 2 aromatic carbocycles. The molecule has 0 heterocycles. The van der Waals surface area contributed by atoms with Gasteiger partial charge in [-0.15, -0.1) is 0 Å². The average Bonchev–Trinajstić information content (AvgIpc) is 2.51. The van der Waals surface area contributed by atoms with Crippen LogP contribution in [0.15, 0.2) is 42.5 Å².